The Labute approximate surface area is 158 Å². The van der Waals surface area contributed by atoms with Gasteiger partial charge < -0.3 is 11.1 Å². The van der Waals surface area contributed by atoms with Crippen LogP contribution in [0.3, 0.4) is 0 Å². The van der Waals surface area contributed by atoms with Gasteiger partial charge in [-0.2, -0.15) is 0 Å². The number of thiazole rings is 1. The summed E-state index contributed by atoms with van der Waals surface area (Å²) in [5.74, 6) is -0.0949. The van der Waals surface area contributed by atoms with Gasteiger partial charge in [0.2, 0.25) is 0 Å². The molecular formula is C16H22Cl2N4OS. The molecule has 1 atom stereocenters. The van der Waals surface area contributed by atoms with Crippen molar-refractivity contribution in [3.05, 3.63) is 52.0 Å². The number of halogens is 2. The molecule has 0 saturated carbocycles. The molecule has 1 aromatic carbocycles. The molecule has 0 bridgehead atoms. The van der Waals surface area contributed by atoms with E-state index in [0.29, 0.717) is 12.2 Å². The fourth-order valence-corrected chi connectivity index (χ4v) is 3.36. The van der Waals surface area contributed by atoms with E-state index in [9.17, 15) is 4.79 Å². The summed E-state index contributed by atoms with van der Waals surface area (Å²) in [5, 5.41) is 5.64. The quantitative estimate of drug-likeness (QED) is 0.824. The monoisotopic (exact) mass is 388 g/mol. The first-order valence-corrected chi connectivity index (χ1v) is 8.34. The third kappa shape index (κ3) is 5.43. The highest BCUT2D eigenvalue weighted by molar-refractivity contribution is 7.09. The van der Waals surface area contributed by atoms with E-state index in [2.05, 4.69) is 39.5 Å². The molecule has 0 radical (unpaired) electrons. The van der Waals surface area contributed by atoms with E-state index in [1.165, 1.54) is 16.9 Å². The van der Waals surface area contributed by atoms with Crippen LogP contribution in [0.25, 0.3) is 0 Å². The second-order valence-corrected chi connectivity index (χ2v) is 6.45. The molecule has 8 heteroatoms. The highest BCUT2D eigenvalue weighted by Crippen LogP contribution is 2.15. The van der Waals surface area contributed by atoms with Crippen LogP contribution in [0.15, 0.2) is 35.7 Å². The molecule has 0 aliphatic carbocycles. The summed E-state index contributed by atoms with van der Waals surface area (Å²) < 4.78 is 0. The maximum Gasteiger partial charge on any atom is 0.271 e. The first-order chi connectivity index (χ1) is 10.7. The lowest BCUT2D eigenvalue weighted by Crippen LogP contribution is -2.37. The summed E-state index contributed by atoms with van der Waals surface area (Å²) >= 11 is 1.43. The Balaban J connectivity index is 0.00000144. The van der Waals surface area contributed by atoms with Gasteiger partial charge in [-0.05, 0) is 12.0 Å². The van der Waals surface area contributed by atoms with Gasteiger partial charge in [0.1, 0.15) is 10.7 Å². The topological polar surface area (TPSA) is 71.2 Å². The third-order valence-corrected chi connectivity index (χ3v) is 4.69. The average molecular weight is 389 g/mol. The first kappa shape index (κ1) is 20.9. The van der Waals surface area contributed by atoms with Crippen molar-refractivity contribution in [1.82, 2.24) is 15.2 Å². The summed E-state index contributed by atoms with van der Waals surface area (Å²) in [6.07, 6.45) is 0.979. The average Bonchev–Trinajstić information content (AvgIpc) is 3.17. The molecule has 5 nitrogen and oxygen atoms in total. The fraction of sp³-hybridized carbons (Fsp3) is 0.375. The minimum atomic E-state index is -0.0949. The normalized spacial score (nSPS) is 17.0. The lowest BCUT2D eigenvalue weighted by atomic mass is 10.2. The summed E-state index contributed by atoms with van der Waals surface area (Å²) in [7, 11) is 0. The van der Waals surface area contributed by atoms with Crippen LogP contribution in [-0.4, -0.2) is 34.9 Å². The molecule has 2 aromatic rings. The van der Waals surface area contributed by atoms with Gasteiger partial charge >= 0.3 is 0 Å². The molecule has 1 aliphatic heterocycles. The predicted octanol–water partition coefficient (Wildman–Crippen LogP) is 2.45. The number of likely N-dealkylation sites (tertiary alicyclic amines) is 1. The summed E-state index contributed by atoms with van der Waals surface area (Å²) in [4.78, 5) is 18.8. The molecule has 3 N–H and O–H groups in total. The third-order valence-electron chi connectivity index (χ3n) is 3.82. The Morgan fingerprint density at radius 2 is 2.08 bits per heavy atom. The number of nitrogens with zero attached hydrogens (tertiary/aromatic N) is 2. The Hall–Kier alpha value is -1.18. The zero-order chi connectivity index (χ0) is 15.4. The smallest absolute Gasteiger partial charge is 0.271 e. The van der Waals surface area contributed by atoms with Crippen LogP contribution in [0.4, 0.5) is 0 Å². The minimum Gasteiger partial charge on any atom is -0.347 e. The van der Waals surface area contributed by atoms with Gasteiger partial charge in [-0.1, -0.05) is 30.3 Å². The number of carbonyl (C=O) groups excluding carboxylic acids is 1. The number of hydrogen-bond acceptors (Lipinski definition) is 5. The number of nitrogens with two attached hydrogens (primary N) is 1. The van der Waals surface area contributed by atoms with Gasteiger partial charge in [-0.15, -0.1) is 36.2 Å². The van der Waals surface area contributed by atoms with E-state index in [0.717, 1.165) is 31.1 Å². The Bertz CT molecular complexity index is 638. The summed E-state index contributed by atoms with van der Waals surface area (Å²) in [5.41, 5.74) is 7.31. The molecular weight excluding hydrogens is 367 g/mol. The number of carbonyl (C=O) groups is 1. The fourth-order valence-electron chi connectivity index (χ4n) is 2.70. The molecule has 24 heavy (non-hydrogen) atoms. The van der Waals surface area contributed by atoms with Crippen molar-refractivity contribution < 1.29 is 4.79 Å². The van der Waals surface area contributed by atoms with Gasteiger partial charge in [0.05, 0.1) is 0 Å². The van der Waals surface area contributed by atoms with Crippen LogP contribution >= 0.6 is 36.2 Å². The van der Waals surface area contributed by atoms with Gasteiger partial charge in [-0.3, -0.25) is 9.69 Å². The Kier molecular flexibility index (Phi) is 8.66. The highest BCUT2D eigenvalue weighted by Gasteiger charge is 2.24. The van der Waals surface area contributed by atoms with Crippen LogP contribution in [-0.2, 0) is 13.1 Å². The molecule has 132 valence electrons. The predicted molar refractivity (Wildman–Crippen MR) is 102 cm³/mol. The van der Waals surface area contributed by atoms with E-state index in [-0.39, 0.29) is 36.8 Å². The first-order valence-electron chi connectivity index (χ1n) is 7.46. The highest BCUT2D eigenvalue weighted by atomic mass is 35.5. The minimum absolute atomic E-state index is 0. The number of aromatic nitrogens is 1. The molecule has 1 fully saturated rings. The van der Waals surface area contributed by atoms with Gasteiger partial charge in [-0.25, -0.2) is 4.98 Å². The van der Waals surface area contributed by atoms with Crippen LogP contribution in [0, 0.1) is 0 Å². The number of hydrogen-bond donors (Lipinski definition) is 2. The Morgan fingerprint density at radius 1 is 1.33 bits per heavy atom. The van der Waals surface area contributed by atoms with Crippen molar-refractivity contribution in [2.75, 3.05) is 13.1 Å². The summed E-state index contributed by atoms with van der Waals surface area (Å²) in [6, 6.07) is 10.6. The van der Waals surface area contributed by atoms with E-state index < -0.39 is 0 Å². The number of nitrogens with one attached hydrogen (secondary N) is 1. The van der Waals surface area contributed by atoms with Gasteiger partial charge in [0, 0.05) is 37.6 Å². The van der Waals surface area contributed by atoms with Crippen LogP contribution in [0.2, 0.25) is 0 Å². The SMILES string of the molecule is Cl.Cl.NCc1nc(C(=O)NC2CCN(Cc3ccccc3)C2)cs1. The second-order valence-electron chi connectivity index (χ2n) is 5.51. The Morgan fingerprint density at radius 3 is 2.75 bits per heavy atom. The van der Waals surface area contributed by atoms with Crippen molar-refractivity contribution >= 4 is 42.1 Å². The summed E-state index contributed by atoms with van der Waals surface area (Å²) in [6.45, 7) is 3.20. The standard InChI is InChI=1S/C16H20N4OS.2ClH/c17-8-15-19-14(11-22-15)16(21)18-13-6-7-20(10-13)9-12-4-2-1-3-5-12;;/h1-5,11,13H,6-10,17H2,(H,18,21);2*1H. The largest absolute Gasteiger partial charge is 0.347 e. The van der Waals surface area contributed by atoms with Crippen molar-refractivity contribution in [3.63, 3.8) is 0 Å². The molecule has 2 heterocycles. The number of benzene rings is 1. The second kappa shape index (κ2) is 9.96. The number of amides is 1. The molecule has 1 aromatic heterocycles. The number of rotatable bonds is 5. The molecule has 3 rings (SSSR count). The molecule has 1 unspecified atom stereocenters. The molecule has 1 saturated heterocycles. The lowest BCUT2D eigenvalue weighted by Gasteiger charge is -2.16. The van der Waals surface area contributed by atoms with Gasteiger partial charge in [0.25, 0.3) is 5.91 Å². The zero-order valence-electron chi connectivity index (χ0n) is 13.2. The van der Waals surface area contributed by atoms with E-state index in [1.54, 1.807) is 5.38 Å². The van der Waals surface area contributed by atoms with Crippen molar-refractivity contribution in [3.8, 4) is 0 Å². The maximum atomic E-state index is 12.2. The van der Waals surface area contributed by atoms with Crippen LogP contribution < -0.4 is 11.1 Å². The van der Waals surface area contributed by atoms with E-state index in [1.807, 2.05) is 6.07 Å². The molecule has 0 spiro atoms. The van der Waals surface area contributed by atoms with E-state index in [4.69, 9.17) is 5.73 Å². The van der Waals surface area contributed by atoms with E-state index >= 15 is 0 Å². The van der Waals surface area contributed by atoms with Crippen molar-refractivity contribution in [1.29, 1.82) is 0 Å². The lowest BCUT2D eigenvalue weighted by molar-refractivity contribution is 0.0933. The van der Waals surface area contributed by atoms with Gasteiger partial charge in [0.15, 0.2) is 0 Å². The van der Waals surface area contributed by atoms with Crippen molar-refractivity contribution in [2.45, 2.75) is 25.6 Å². The zero-order valence-corrected chi connectivity index (χ0v) is 15.6. The molecule has 1 aliphatic rings. The van der Waals surface area contributed by atoms with Crippen molar-refractivity contribution in [2.24, 2.45) is 5.73 Å². The van der Waals surface area contributed by atoms with Crippen LogP contribution in [0.5, 0.6) is 0 Å². The van der Waals surface area contributed by atoms with Crippen LogP contribution in [0.1, 0.15) is 27.5 Å². The molecule has 1 amide bonds. The maximum absolute atomic E-state index is 12.2.